The molecule has 1 unspecified atom stereocenters. The molecule has 0 heterocycles. The van der Waals surface area contributed by atoms with Crippen molar-refractivity contribution in [3.05, 3.63) is 71.2 Å². The summed E-state index contributed by atoms with van der Waals surface area (Å²) in [7, 11) is -3.46. The van der Waals surface area contributed by atoms with Gasteiger partial charge in [-0.3, -0.25) is 9.59 Å². The predicted octanol–water partition coefficient (Wildman–Crippen LogP) is 6.05. The quantitative estimate of drug-likeness (QED) is 0.190. The number of hydrogen-bond donors (Lipinski definition) is 2. The first-order valence-electron chi connectivity index (χ1n) is 12.9. The maximum atomic E-state index is 13.4. The van der Waals surface area contributed by atoms with Crippen molar-refractivity contribution in [2.24, 2.45) is 5.92 Å². The SMILES string of the molecule is CCOC(=O)CC(C(=O)Nc1cc(Cl)c(-c2ccccc2OC(F)F)cc1N)c1ccc(S(=O)(=O)CC2CC2)cc1. The first-order valence-corrected chi connectivity index (χ1v) is 14.9. The van der Waals surface area contributed by atoms with E-state index in [1.54, 1.807) is 19.1 Å². The van der Waals surface area contributed by atoms with Gasteiger partial charge in [0, 0.05) is 11.1 Å². The molecule has 1 saturated carbocycles. The molecule has 3 aromatic carbocycles. The van der Waals surface area contributed by atoms with E-state index in [2.05, 4.69) is 10.1 Å². The van der Waals surface area contributed by atoms with Crippen LogP contribution in [0.1, 0.15) is 37.7 Å². The molecule has 1 aliphatic carbocycles. The van der Waals surface area contributed by atoms with Crippen molar-refractivity contribution < 1.29 is 36.3 Å². The van der Waals surface area contributed by atoms with Gasteiger partial charge in [-0.25, -0.2) is 8.42 Å². The minimum Gasteiger partial charge on any atom is -0.466 e. The van der Waals surface area contributed by atoms with Crippen LogP contribution in [0.3, 0.4) is 0 Å². The lowest BCUT2D eigenvalue weighted by molar-refractivity contribution is -0.144. The van der Waals surface area contributed by atoms with Crippen molar-refractivity contribution in [2.75, 3.05) is 23.4 Å². The summed E-state index contributed by atoms with van der Waals surface area (Å²) in [5.74, 6) is -2.10. The van der Waals surface area contributed by atoms with E-state index < -0.39 is 34.2 Å². The van der Waals surface area contributed by atoms with Gasteiger partial charge in [0.1, 0.15) is 5.75 Å². The molecule has 41 heavy (non-hydrogen) atoms. The van der Waals surface area contributed by atoms with Crippen LogP contribution in [0.4, 0.5) is 20.2 Å². The number of hydrogen-bond acceptors (Lipinski definition) is 7. The Morgan fingerprint density at radius 3 is 2.39 bits per heavy atom. The topological polar surface area (TPSA) is 125 Å². The van der Waals surface area contributed by atoms with Gasteiger partial charge < -0.3 is 20.5 Å². The Morgan fingerprint density at radius 2 is 1.76 bits per heavy atom. The van der Waals surface area contributed by atoms with Gasteiger partial charge in [0.05, 0.1) is 46.0 Å². The Balaban J connectivity index is 1.60. The van der Waals surface area contributed by atoms with Gasteiger partial charge in [0.2, 0.25) is 5.91 Å². The van der Waals surface area contributed by atoms with E-state index in [-0.39, 0.29) is 57.3 Å². The number of para-hydroxylation sites is 1. The molecule has 1 atom stereocenters. The highest BCUT2D eigenvalue weighted by Crippen LogP contribution is 2.40. The molecule has 1 amide bonds. The van der Waals surface area contributed by atoms with Crippen LogP contribution in [0.5, 0.6) is 5.75 Å². The zero-order valence-corrected chi connectivity index (χ0v) is 23.7. The number of halogens is 3. The minimum atomic E-state index is -3.46. The summed E-state index contributed by atoms with van der Waals surface area (Å²) in [6.07, 6.45) is 1.48. The molecule has 1 aliphatic rings. The van der Waals surface area contributed by atoms with Crippen molar-refractivity contribution in [3.8, 4) is 16.9 Å². The molecule has 3 N–H and O–H groups in total. The summed E-state index contributed by atoms with van der Waals surface area (Å²) in [5.41, 5.74) is 7.41. The minimum absolute atomic E-state index is 0.0772. The van der Waals surface area contributed by atoms with Crippen LogP contribution in [0, 0.1) is 5.92 Å². The Kier molecular flexibility index (Phi) is 9.49. The summed E-state index contributed by atoms with van der Waals surface area (Å²) >= 11 is 6.47. The molecule has 0 saturated heterocycles. The van der Waals surface area contributed by atoms with Gasteiger partial charge in [-0.2, -0.15) is 8.78 Å². The number of benzene rings is 3. The van der Waals surface area contributed by atoms with Crippen molar-refractivity contribution in [3.63, 3.8) is 0 Å². The summed E-state index contributed by atoms with van der Waals surface area (Å²) in [4.78, 5) is 25.9. The van der Waals surface area contributed by atoms with E-state index in [1.165, 1.54) is 48.5 Å². The highest BCUT2D eigenvalue weighted by molar-refractivity contribution is 7.91. The van der Waals surface area contributed by atoms with E-state index >= 15 is 0 Å². The Morgan fingerprint density at radius 1 is 1.07 bits per heavy atom. The predicted molar refractivity (Wildman–Crippen MR) is 152 cm³/mol. The van der Waals surface area contributed by atoms with Crippen LogP contribution in [-0.4, -0.2) is 39.3 Å². The molecule has 0 spiro atoms. The number of nitrogen functional groups attached to an aromatic ring is 1. The van der Waals surface area contributed by atoms with E-state index in [4.69, 9.17) is 22.1 Å². The summed E-state index contributed by atoms with van der Waals surface area (Å²) in [5, 5.41) is 2.78. The Labute approximate surface area is 241 Å². The molecule has 0 aromatic heterocycles. The number of nitrogens with two attached hydrogens (primary N) is 1. The van der Waals surface area contributed by atoms with Crippen LogP contribution >= 0.6 is 11.6 Å². The summed E-state index contributed by atoms with van der Waals surface area (Å²) in [6.45, 7) is -1.29. The third-order valence-electron chi connectivity index (χ3n) is 6.58. The van der Waals surface area contributed by atoms with Crippen LogP contribution in [0.15, 0.2) is 65.6 Å². The normalized spacial score (nSPS) is 14.0. The lowest BCUT2D eigenvalue weighted by Gasteiger charge is -2.19. The van der Waals surface area contributed by atoms with Crippen LogP contribution in [-0.2, 0) is 24.2 Å². The second-order valence-corrected chi connectivity index (χ2v) is 12.1. The van der Waals surface area contributed by atoms with Gasteiger partial charge in [-0.05, 0) is 61.6 Å². The summed E-state index contributed by atoms with van der Waals surface area (Å²) in [6, 6.07) is 14.7. The Bertz CT molecular complexity index is 1530. The average molecular weight is 607 g/mol. The lowest BCUT2D eigenvalue weighted by Crippen LogP contribution is -2.25. The van der Waals surface area contributed by atoms with Crippen LogP contribution < -0.4 is 15.8 Å². The third kappa shape index (κ3) is 7.74. The zero-order chi connectivity index (χ0) is 29.7. The van der Waals surface area contributed by atoms with Gasteiger partial charge >= 0.3 is 12.6 Å². The zero-order valence-electron chi connectivity index (χ0n) is 22.1. The first kappa shape index (κ1) is 30.3. The van der Waals surface area contributed by atoms with E-state index in [1.807, 2.05) is 0 Å². The molecular formula is C29H29ClF2N2O6S. The van der Waals surface area contributed by atoms with Gasteiger partial charge in [-0.15, -0.1) is 0 Å². The van der Waals surface area contributed by atoms with Crippen molar-refractivity contribution in [1.82, 2.24) is 0 Å². The number of ether oxygens (including phenoxy) is 2. The number of esters is 1. The van der Waals surface area contributed by atoms with E-state index in [0.29, 0.717) is 11.1 Å². The first-order chi connectivity index (χ1) is 19.5. The highest BCUT2D eigenvalue weighted by Gasteiger charge is 2.30. The number of alkyl halides is 2. The van der Waals surface area contributed by atoms with Gasteiger partial charge in [0.15, 0.2) is 9.84 Å². The molecule has 0 bridgehead atoms. The van der Waals surface area contributed by atoms with Crippen molar-refractivity contribution >= 4 is 44.7 Å². The molecule has 218 valence electrons. The van der Waals surface area contributed by atoms with E-state index in [9.17, 15) is 26.8 Å². The van der Waals surface area contributed by atoms with Gasteiger partial charge in [-0.1, -0.05) is 41.9 Å². The van der Waals surface area contributed by atoms with Crippen molar-refractivity contribution in [2.45, 2.75) is 43.6 Å². The number of carbonyl (C=O) groups excluding carboxylic acids is 2. The fraction of sp³-hybridized carbons (Fsp3) is 0.310. The van der Waals surface area contributed by atoms with Crippen LogP contribution in [0.2, 0.25) is 5.02 Å². The molecule has 4 rings (SSSR count). The fourth-order valence-corrected chi connectivity index (χ4v) is 6.32. The lowest BCUT2D eigenvalue weighted by atomic mass is 9.94. The van der Waals surface area contributed by atoms with Crippen molar-refractivity contribution in [1.29, 1.82) is 0 Å². The highest BCUT2D eigenvalue weighted by atomic mass is 35.5. The molecule has 0 aliphatic heterocycles. The maximum Gasteiger partial charge on any atom is 0.387 e. The average Bonchev–Trinajstić information content (AvgIpc) is 3.73. The molecular weight excluding hydrogens is 578 g/mol. The molecule has 8 nitrogen and oxygen atoms in total. The molecule has 0 radical (unpaired) electrons. The van der Waals surface area contributed by atoms with Crippen LogP contribution in [0.25, 0.3) is 11.1 Å². The number of anilines is 2. The second kappa shape index (κ2) is 12.9. The standard InChI is InChI=1S/C29H29ClF2N2O6S/c1-2-39-27(35)14-21(18-9-11-19(12-10-18)41(37,38)16-17-7-8-17)28(36)34-25-15-23(30)22(13-24(25)33)20-5-3-4-6-26(20)40-29(31)32/h3-6,9-13,15,17,21,29H,2,7-8,14,16,33H2,1H3,(H,34,36). The fourth-order valence-electron chi connectivity index (χ4n) is 4.36. The number of nitrogens with one attached hydrogen (secondary N) is 1. The van der Waals surface area contributed by atoms with E-state index in [0.717, 1.165) is 12.8 Å². The number of sulfone groups is 1. The smallest absolute Gasteiger partial charge is 0.387 e. The third-order valence-corrected chi connectivity index (χ3v) is 8.79. The number of rotatable bonds is 12. The van der Waals surface area contributed by atoms with Gasteiger partial charge in [0.25, 0.3) is 0 Å². The summed E-state index contributed by atoms with van der Waals surface area (Å²) < 4.78 is 60.7. The molecule has 1 fully saturated rings. The largest absolute Gasteiger partial charge is 0.466 e. The maximum absolute atomic E-state index is 13.4. The monoisotopic (exact) mass is 606 g/mol. The number of carbonyl (C=O) groups is 2. The Hall–Kier alpha value is -3.70. The molecule has 3 aromatic rings. The second-order valence-electron chi connectivity index (χ2n) is 9.64. The molecule has 12 heteroatoms. The number of amides is 1.